The molecule has 4 rings (SSSR count). The van der Waals surface area contributed by atoms with Crippen LogP contribution in [0.25, 0.3) is 11.0 Å². The van der Waals surface area contributed by atoms with Gasteiger partial charge < -0.3 is 9.55 Å². The first-order valence-corrected chi connectivity index (χ1v) is 9.36. The van der Waals surface area contributed by atoms with Crippen LogP contribution < -0.4 is 0 Å². The van der Waals surface area contributed by atoms with Gasteiger partial charge in [0.2, 0.25) is 0 Å². The van der Waals surface area contributed by atoms with E-state index in [4.69, 9.17) is 4.98 Å². The third kappa shape index (κ3) is 3.61. The smallest absolute Gasteiger partial charge is 0.121 e. The Hall–Kier alpha value is -2.14. The van der Waals surface area contributed by atoms with Gasteiger partial charge in [-0.15, -0.1) is 0 Å². The first-order valence-electron chi connectivity index (χ1n) is 9.36. The van der Waals surface area contributed by atoms with E-state index in [1.807, 2.05) is 6.20 Å². The molecule has 132 valence electrons. The zero-order valence-electron chi connectivity index (χ0n) is 15.2. The second-order valence-corrected chi connectivity index (χ2v) is 7.28. The maximum absolute atomic E-state index is 4.79. The van der Waals surface area contributed by atoms with Crippen LogP contribution in [0.2, 0.25) is 0 Å². The predicted octanol–water partition coefficient (Wildman–Crippen LogP) is 3.82. The van der Waals surface area contributed by atoms with Crippen molar-refractivity contribution in [3.8, 4) is 0 Å². The van der Waals surface area contributed by atoms with Gasteiger partial charge >= 0.3 is 0 Å². The minimum Gasteiger partial charge on any atom is -0.341 e. The molecule has 1 aliphatic heterocycles. The first-order chi connectivity index (χ1) is 12.2. The van der Waals surface area contributed by atoms with Gasteiger partial charge in [0.15, 0.2) is 0 Å². The SMILES string of the molecule is Cc1ccc2nc(CN3CCCC[C@H]3CCn3ccnc3C)[nH]c2c1. The lowest BCUT2D eigenvalue weighted by molar-refractivity contribution is 0.125. The molecule has 1 aliphatic rings. The number of aryl methyl sites for hydroxylation is 3. The van der Waals surface area contributed by atoms with Crippen LogP contribution in [0.1, 0.15) is 42.9 Å². The predicted molar refractivity (Wildman–Crippen MR) is 100 cm³/mol. The summed E-state index contributed by atoms with van der Waals surface area (Å²) < 4.78 is 2.26. The number of H-pyrrole nitrogens is 1. The van der Waals surface area contributed by atoms with Crippen molar-refractivity contribution in [1.82, 2.24) is 24.4 Å². The molecule has 5 nitrogen and oxygen atoms in total. The second kappa shape index (κ2) is 7.00. The monoisotopic (exact) mass is 337 g/mol. The number of imidazole rings is 2. The number of piperidine rings is 1. The fourth-order valence-electron chi connectivity index (χ4n) is 3.97. The molecular formula is C20H27N5. The van der Waals surface area contributed by atoms with Crippen LogP contribution in [0.4, 0.5) is 0 Å². The largest absolute Gasteiger partial charge is 0.341 e. The number of fused-ring (bicyclic) bond motifs is 1. The highest BCUT2D eigenvalue weighted by molar-refractivity contribution is 5.75. The summed E-state index contributed by atoms with van der Waals surface area (Å²) in [6.07, 6.45) is 9.07. The molecule has 0 amide bonds. The molecule has 0 aliphatic carbocycles. The molecule has 1 aromatic carbocycles. The molecule has 1 atom stereocenters. The van der Waals surface area contributed by atoms with Crippen LogP contribution >= 0.6 is 0 Å². The highest BCUT2D eigenvalue weighted by Gasteiger charge is 2.23. The van der Waals surface area contributed by atoms with E-state index in [-0.39, 0.29) is 0 Å². The van der Waals surface area contributed by atoms with Crippen LogP contribution in [0.5, 0.6) is 0 Å². The molecule has 3 heterocycles. The average Bonchev–Trinajstić information content (AvgIpc) is 3.19. The zero-order valence-corrected chi connectivity index (χ0v) is 15.2. The molecular weight excluding hydrogens is 310 g/mol. The Kier molecular flexibility index (Phi) is 4.57. The number of hydrogen-bond donors (Lipinski definition) is 1. The molecule has 0 radical (unpaired) electrons. The summed E-state index contributed by atoms with van der Waals surface area (Å²) in [6, 6.07) is 7.05. The number of likely N-dealkylation sites (tertiary alicyclic amines) is 1. The first kappa shape index (κ1) is 16.3. The summed E-state index contributed by atoms with van der Waals surface area (Å²) in [6.45, 7) is 7.34. The Bertz CT molecular complexity index is 847. The van der Waals surface area contributed by atoms with E-state index in [0.717, 1.165) is 35.8 Å². The van der Waals surface area contributed by atoms with Crippen molar-refractivity contribution in [2.75, 3.05) is 6.54 Å². The van der Waals surface area contributed by atoms with Gasteiger partial charge in [0.1, 0.15) is 11.6 Å². The standard InChI is InChI=1S/C20H27N5/c1-15-6-7-18-19(13-15)23-20(22-18)14-25-10-4-3-5-17(25)8-11-24-12-9-21-16(24)2/h6-7,9,12-13,17H,3-5,8,10-11,14H2,1-2H3,(H,22,23)/t17-/m0/s1. The molecule has 0 saturated carbocycles. The quantitative estimate of drug-likeness (QED) is 0.770. The van der Waals surface area contributed by atoms with Crippen LogP contribution in [0.15, 0.2) is 30.6 Å². The Balaban J connectivity index is 1.45. The van der Waals surface area contributed by atoms with E-state index < -0.39 is 0 Å². The van der Waals surface area contributed by atoms with Gasteiger partial charge in [-0.2, -0.15) is 0 Å². The lowest BCUT2D eigenvalue weighted by Gasteiger charge is -2.35. The average molecular weight is 337 g/mol. The Labute approximate surface area is 149 Å². The lowest BCUT2D eigenvalue weighted by atomic mass is 9.99. The van der Waals surface area contributed by atoms with Crippen molar-refractivity contribution in [3.05, 3.63) is 47.8 Å². The van der Waals surface area contributed by atoms with Gasteiger partial charge in [-0.05, 0) is 57.4 Å². The van der Waals surface area contributed by atoms with E-state index >= 15 is 0 Å². The summed E-state index contributed by atoms with van der Waals surface area (Å²) in [4.78, 5) is 15.3. The number of aromatic amines is 1. The molecule has 0 bridgehead atoms. The topological polar surface area (TPSA) is 49.7 Å². The summed E-state index contributed by atoms with van der Waals surface area (Å²) >= 11 is 0. The fraction of sp³-hybridized carbons (Fsp3) is 0.500. The second-order valence-electron chi connectivity index (χ2n) is 7.28. The molecule has 3 aromatic rings. The van der Waals surface area contributed by atoms with Crippen LogP contribution in [0.3, 0.4) is 0 Å². The van der Waals surface area contributed by atoms with Crippen LogP contribution in [-0.2, 0) is 13.1 Å². The van der Waals surface area contributed by atoms with Crippen molar-refractivity contribution in [2.24, 2.45) is 0 Å². The summed E-state index contributed by atoms with van der Waals surface area (Å²) in [5.74, 6) is 2.20. The summed E-state index contributed by atoms with van der Waals surface area (Å²) in [5.41, 5.74) is 3.50. The van der Waals surface area contributed by atoms with Crippen molar-refractivity contribution >= 4 is 11.0 Å². The van der Waals surface area contributed by atoms with E-state index in [1.54, 1.807) is 0 Å². The van der Waals surface area contributed by atoms with E-state index in [9.17, 15) is 0 Å². The van der Waals surface area contributed by atoms with Crippen LogP contribution in [-0.4, -0.2) is 37.0 Å². The van der Waals surface area contributed by atoms with Gasteiger partial charge in [0.25, 0.3) is 0 Å². The molecule has 0 unspecified atom stereocenters. The van der Waals surface area contributed by atoms with Crippen molar-refractivity contribution in [2.45, 2.75) is 58.7 Å². The highest BCUT2D eigenvalue weighted by atomic mass is 15.2. The third-order valence-corrected chi connectivity index (χ3v) is 5.42. The van der Waals surface area contributed by atoms with Crippen LogP contribution in [0, 0.1) is 13.8 Å². The Morgan fingerprint density at radius 1 is 1.24 bits per heavy atom. The van der Waals surface area contributed by atoms with E-state index in [0.29, 0.717) is 6.04 Å². The lowest BCUT2D eigenvalue weighted by Crippen LogP contribution is -2.39. The number of rotatable bonds is 5. The number of nitrogens with one attached hydrogen (secondary N) is 1. The van der Waals surface area contributed by atoms with Crippen molar-refractivity contribution in [3.63, 3.8) is 0 Å². The highest BCUT2D eigenvalue weighted by Crippen LogP contribution is 2.23. The van der Waals surface area contributed by atoms with Crippen molar-refractivity contribution in [1.29, 1.82) is 0 Å². The Morgan fingerprint density at radius 3 is 3.00 bits per heavy atom. The molecule has 0 spiro atoms. The van der Waals surface area contributed by atoms with Gasteiger partial charge in [-0.25, -0.2) is 9.97 Å². The van der Waals surface area contributed by atoms with Gasteiger partial charge in [-0.3, -0.25) is 4.90 Å². The minimum atomic E-state index is 0.630. The van der Waals surface area contributed by atoms with Gasteiger partial charge in [-0.1, -0.05) is 12.5 Å². The van der Waals surface area contributed by atoms with Gasteiger partial charge in [0, 0.05) is 25.0 Å². The molecule has 5 heteroatoms. The molecule has 1 fully saturated rings. The maximum atomic E-state index is 4.79. The Morgan fingerprint density at radius 2 is 2.16 bits per heavy atom. The van der Waals surface area contributed by atoms with E-state index in [2.05, 4.69) is 57.7 Å². The summed E-state index contributed by atoms with van der Waals surface area (Å²) in [7, 11) is 0. The number of nitrogens with zero attached hydrogens (tertiary/aromatic N) is 4. The number of benzene rings is 1. The third-order valence-electron chi connectivity index (χ3n) is 5.42. The molecule has 1 N–H and O–H groups in total. The molecule has 2 aromatic heterocycles. The van der Waals surface area contributed by atoms with E-state index in [1.165, 1.54) is 37.8 Å². The molecule has 25 heavy (non-hydrogen) atoms. The maximum Gasteiger partial charge on any atom is 0.121 e. The van der Waals surface area contributed by atoms with Crippen molar-refractivity contribution < 1.29 is 0 Å². The number of hydrogen-bond acceptors (Lipinski definition) is 3. The summed E-state index contributed by atoms with van der Waals surface area (Å²) in [5, 5.41) is 0. The fourth-order valence-corrected chi connectivity index (χ4v) is 3.97. The molecule has 1 saturated heterocycles. The number of aromatic nitrogens is 4. The van der Waals surface area contributed by atoms with Gasteiger partial charge in [0.05, 0.1) is 17.6 Å². The minimum absolute atomic E-state index is 0.630. The normalized spacial score (nSPS) is 18.9. The zero-order chi connectivity index (χ0) is 17.2.